The van der Waals surface area contributed by atoms with Gasteiger partial charge in [-0.15, -0.1) is 0 Å². The van der Waals surface area contributed by atoms with Crippen molar-refractivity contribution >= 4 is 18.7 Å². The molecule has 6 heteroatoms. The van der Waals surface area contributed by atoms with Crippen LogP contribution in [0.25, 0.3) is 0 Å². The summed E-state index contributed by atoms with van der Waals surface area (Å²) in [4.78, 5) is 2.81. The highest BCUT2D eigenvalue weighted by Gasteiger charge is 2.41. The monoisotopic (exact) mass is 239 g/mol. The van der Waals surface area contributed by atoms with Crippen LogP contribution in [0.15, 0.2) is 41.7 Å². The maximum atomic E-state index is 13.1. The summed E-state index contributed by atoms with van der Waals surface area (Å²) in [7, 11) is -4.27. The third-order valence-electron chi connectivity index (χ3n) is 2.47. The fourth-order valence-corrected chi connectivity index (χ4v) is 1.48. The summed E-state index contributed by atoms with van der Waals surface area (Å²) in [6, 6.07) is 8.97. The molecule has 1 heterocycles. The van der Waals surface area contributed by atoms with Crippen molar-refractivity contribution in [2.75, 3.05) is 0 Å². The highest BCUT2D eigenvalue weighted by molar-refractivity contribution is 6.55. The average molecular weight is 239 g/mol. The highest BCUT2D eigenvalue weighted by Crippen LogP contribution is 2.24. The SMILES string of the molecule is CC1=C(C)C(=[NH+]c2ccccc2)O[B-](F)(F)O1. The second-order valence-corrected chi connectivity index (χ2v) is 3.77. The van der Waals surface area contributed by atoms with Gasteiger partial charge in [0.1, 0.15) is 0 Å². The van der Waals surface area contributed by atoms with Crippen molar-refractivity contribution in [2.45, 2.75) is 13.8 Å². The van der Waals surface area contributed by atoms with E-state index in [1.54, 1.807) is 31.2 Å². The van der Waals surface area contributed by atoms with Crippen LogP contribution in [0.1, 0.15) is 13.8 Å². The van der Waals surface area contributed by atoms with Crippen molar-refractivity contribution in [3.8, 4) is 0 Å². The van der Waals surface area contributed by atoms with Gasteiger partial charge >= 0.3 is 13.0 Å². The highest BCUT2D eigenvalue weighted by atomic mass is 19.3. The first-order valence-electron chi connectivity index (χ1n) is 5.23. The Balaban J connectivity index is 2.38. The number of hydrogen-bond acceptors (Lipinski definition) is 2. The van der Waals surface area contributed by atoms with Gasteiger partial charge in [-0.05, 0) is 13.8 Å². The number of rotatable bonds is 1. The molecule has 17 heavy (non-hydrogen) atoms. The molecule has 90 valence electrons. The number of halogens is 2. The lowest BCUT2D eigenvalue weighted by Gasteiger charge is -2.32. The van der Waals surface area contributed by atoms with Crippen molar-refractivity contribution in [3.05, 3.63) is 41.7 Å². The lowest BCUT2D eigenvalue weighted by Crippen LogP contribution is -2.69. The molecule has 0 radical (unpaired) electrons. The molecule has 0 amide bonds. The average Bonchev–Trinajstić information content (AvgIpc) is 2.26. The van der Waals surface area contributed by atoms with Gasteiger partial charge in [0.15, 0.2) is 0 Å². The third kappa shape index (κ3) is 2.64. The quantitative estimate of drug-likeness (QED) is 0.753. The van der Waals surface area contributed by atoms with Gasteiger partial charge in [-0.25, -0.2) is 0 Å². The Bertz CT molecular complexity index is 486. The summed E-state index contributed by atoms with van der Waals surface area (Å²) >= 11 is 0. The maximum absolute atomic E-state index is 13.1. The maximum Gasteiger partial charge on any atom is 0.729 e. The van der Waals surface area contributed by atoms with Gasteiger partial charge in [-0.3, -0.25) is 0 Å². The van der Waals surface area contributed by atoms with Gasteiger partial charge < -0.3 is 17.9 Å². The van der Waals surface area contributed by atoms with Crippen LogP contribution in [0.3, 0.4) is 0 Å². The van der Waals surface area contributed by atoms with Gasteiger partial charge in [0.05, 0.1) is 11.3 Å². The number of benzene rings is 1. The van der Waals surface area contributed by atoms with Crippen LogP contribution in [0, 0.1) is 0 Å². The minimum Gasteiger partial charge on any atom is -0.630 e. The van der Waals surface area contributed by atoms with Crippen LogP contribution in [0.2, 0.25) is 0 Å². The summed E-state index contributed by atoms with van der Waals surface area (Å²) < 4.78 is 35.1. The number of hydrogen-bond donors (Lipinski definition) is 1. The zero-order chi connectivity index (χ0) is 12.5. The van der Waals surface area contributed by atoms with E-state index in [-0.39, 0.29) is 11.7 Å². The topological polar surface area (TPSA) is 32.4 Å². The first-order chi connectivity index (χ1) is 7.98. The van der Waals surface area contributed by atoms with E-state index in [9.17, 15) is 8.63 Å². The van der Waals surface area contributed by atoms with Crippen molar-refractivity contribution in [1.82, 2.24) is 0 Å². The first-order valence-corrected chi connectivity index (χ1v) is 5.23. The standard InChI is InChI=1S/C11H11BF2NO2/c1-8-9(2)16-12(13,14)17-11(8)15-10-6-4-3-5-7-10/h3-7H,1-2H3/q-1/p+1. The molecule has 3 nitrogen and oxygen atoms in total. The van der Waals surface area contributed by atoms with E-state index in [0.29, 0.717) is 11.3 Å². The molecule has 1 aromatic rings. The summed E-state index contributed by atoms with van der Waals surface area (Å²) in [6.07, 6.45) is 0. The number of nitrogens with one attached hydrogen (secondary N) is 1. The van der Waals surface area contributed by atoms with Gasteiger partial charge in [-0.1, -0.05) is 18.2 Å². The van der Waals surface area contributed by atoms with Crippen LogP contribution >= 0.6 is 0 Å². The minimum atomic E-state index is -4.27. The molecule has 1 aliphatic heterocycles. The first kappa shape index (κ1) is 11.6. The van der Waals surface area contributed by atoms with Crippen LogP contribution in [0.5, 0.6) is 0 Å². The second kappa shape index (κ2) is 4.20. The smallest absolute Gasteiger partial charge is 0.630 e. The second-order valence-electron chi connectivity index (χ2n) is 3.77. The molecule has 1 aliphatic rings. The summed E-state index contributed by atoms with van der Waals surface area (Å²) in [5.74, 6) is 0.199. The third-order valence-corrected chi connectivity index (χ3v) is 2.47. The van der Waals surface area contributed by atoms with Gasteiger partial charge in [0.2, 0.25) is 5.69 Å². The van der Waals surface area contributed by atoms with Crippen molar-refractivity contribution < 1.29 is 22.9 Å². The Kier molecular flexibility index (Phi) is 2.87. The van der Waals surface area contributed by atoms with Crippen LogP contribution < -0.4 is 4.99 Å². The van der Waals surface area contributed by atoms with Crippen LogP contribution in [0.4, 0.5) is 14.3 Å². The Morgan fingerprint density at radius 3 is 2.35 bits per heavy atom. The number of allylic oxidation sites excluding steroid dienone is 1. The van der Waals surface area contributed by atoms with E-state index in [1.807, 2.05) is 6.07 Å². The zero-order valence-corrected chi connectivity index (χ0v) is 9.54. The van der Waals surface area contributed by atoms with E-state index in [4.69, 9.17) is 0 Å². The fourth-order valence-electron chi connectivity index (χ4n) is 1.48. The van der Waals surface area contributed by atoms with E-state index < -0.39 is 7.11 Å². The molecule has 0 aromatic heterocycles. The molecule has 0 saturated carbocycles. The molecule has 0 spiro atoms. The van der Waals surface area contributed by atoms with E-state index in [2.05, 4.69) is 14.3 Å². The molecular formula is C11H12BF2NO2. The molecule has 0 saturated heterocycles. The Morgan fingerprint density at radius 1 is 1.06 bits per heavy atom. The lowest BCUT2D eigenvalue weighted by atomic mass is 10.1. The minimum absolute atomic E-state index is 0.0324. The molecule has 0 bridgehead atoms. The Hall–Kier alpha value is -1.85. The molecule has 2 rings (SSSR count). The largest absolute Gasteiger partial charge is 0.729 e. The predicted molar refractivity (Wildman–Crippen MR) is 60.6 cm³/mol. The van der Waals surface area contributed by atoms with E-state index >= 15 is 0 Å². The van der Waals surface area contributed by atoms with Crippen LogP contribution in [-0.4, -0.2) is 13.0 Å². The zero-order valence-electron chi connectivity index (χ0n) is 9.54. The van der Waals surface area contributed by atoms with E-state index in [1.165, 1.54) is 6.92 Å². The van der Waals surface area contributed by atoms with Gasteiger partial charge in [0, 0.05) is 12.1 Å². The number of para-hydroxylation sites is 1. The molecule has 0 fully saturated rings. The summed E-state index contributed by atoms with van der Waals surface area (Å²) in [5.41, 5.74) is 1.21. The summed E-state index contributed by atoms with van der Waals surface area (Å²) in [5, 5.41) is 0. The molecule has 1 N–H and O–H groups in total. The molecule has 0 atom stereocenters. The van der Waals surface area contributed by atoms with E-state index in [0.717, 1.165) is 0 Å². The van der Waals surface area contributed by atoms with Crippen LogP contribution in [-0.2, 0) is 9.31 Å². The normalized spacial score (nSPS) is 21.1. The molecule has 0 aliphatic carbocycles. The summed E-state index contributed by atoms with van der Waals surface area (Å²) in [6.45, 7) is 3.14. The Labute approximate surface area is 97.8 Å². The lowest BCUT2D eigenvalue weighted by molar-refractivity contribution is -0.365. The van der Waals surface area contributed by atoms with Gasteiger partial charge in [0.25, 0.3) is 0 Å². The molecule has 1 aromatic carbocycles. The predicted octanol–water partition coefficient (Wildman–Crippen LogP) is 1.51. The Morgan fingerprint density at radius 2 is 1.71 bits per heavy atom. The molecule has 0 unspecified atom stereocenters. The van der Waals surface area contributed by atoms with Crippen molar-refractivity contribution in [1.29, 1.82) is 0 Å². The molecular weight excluding hydrogens is 227 g/mol. The fraction of sp³-hybridized carbons (Fsp3) is 0.182. The van der Waals surface area contributed by atoms with Crippen molar-refractivity contribution in [2.24, 2.45) is 0 Å². The van der Waals surface area contributed by atoms with Gasteiger partial charge in [-0.2, -0.15) is 4.99 Å². The van der Waals surface area contributed by atoms with Crippen molar-refractivity contribution in [3.63, 3.8) is 0 Å².